The zero-order chi connectivity index (χ0) is 18.8. The molecule has 7 nitrogen and oxygen atoms in total. The Morgan fingerprint density at radius 3 is 2.85 bits per heavy atom. The van der Waals surface area contributed by atoms with Crippen LogP contribution < -0.4 is 5.73 Å². The summed E-state index contributed by atoms with van der Waals surface area (Å²) in [5.74, 6) is 0.00261. The number of rotatable bonds is 5. The Hall–Kier alpha value is -3.13. The summed E-state index contributed by atoms with van der Waals surface area (Å²) in [6, 6.07) is 14.3. The van der Waals surface area contributed by atoms with Gasteiger partial charge in [0.15, 0.2) is 22.1 Å². The molecule has 0 saturated carbocycles. The summed E-state index contributed by atoms with van der Waals surface area (Å²) in [6.07, 6.45) is 1.41. The molecule has 0 amide bonds. The first kappa shape index (κ1) is 17.3. The van der Waals surface area contributed by atoms with Crippen LogP contribution in [0.3, 0.4) is 0 Å². The van der Waals surface area contributed by atoms with E-state index >= 15 is 0 Å². The number of anilines is 1. The zero-order valence-electron chi connectivity index (χ0n) is 14.6. The first-order chi connectivity index (χ1) is 13.1. The molecule has 2 aromatic heterocycles. The lowest BCUT2D eigenvalue weighted by Crippen LogP contribution is -2.10. The largest absolute Gasteiger partial charge is 0.464 e. The van der Waals surface area contributed by atoms with E-state index in [0.29, 0.717) is 23.5 Å². The predicted octanol–water partition coefficient (Wildman–Crippen LogP) is 3.28. The number of carbonyl (C=O) groups is 1. The number of benzene rings is 2. The number of hydrogen-bond donors (Lipinski definition) is 1. The molecule has 8 heteroatoms. The van der Waals surface area contributed by atoms with Gasteiger partial charge < -0.3 is 10.5 Å². The molecule has 2 N–H and O–H groups in total. The van der Waals surface area contributed by atoms with Crippen molar-refractivity contribution in [3.8, 4) is 0 Å². The minimum atomic E-state index is -0.322. The first-order valence-corrected chi connectivity index (χ1v) is 9.21. The number of carbonyl (C=O) groups excluding carboxylic acids is 1. The van der Waals surface area contributed by atoms with Crippen LogP contribution in [0.15, 0.2) is 58.8 Å². The maximum atomic E-state index is 11.1. The number of nitrogens with zero attached hydrogens (tertiary/aromatic N) is 4. The monoisotopic (exact) mass is 379 g/mol. The van der Waals surface area contributed by atoms with Gasteiger partial charge in [-0.2, -0.15) is 0 Å². The van der Waals surface area contributed by atoms with Gasteiger partial charge in [0.2, 0.25) is 0 Å². The van der Waals surface area contributed by atoms with Gasteiger partial charge in [-0.05, 0) is 16.8 Å². The van der Waals surface area contributed by atoms with Gasteiger partial charge >= 0.3 is 5.97 Å². The minimum Gasteiger partial charge on any atom is -0.464 e. The molecule has 2 aromatic carbocycles. The second-order valence-corrected chi connectivity index (χ2v) is 6.91. The normalized spacial score (nSPS) is 11.1. The number of nitrogens with two attached hydrogens (primary N) is 1. The van der Waals surface area contributed by atoms with Crippen LogP contribution >= 0.6 is 11.8 Å². The lowest BCUT2D eigenvalue weighted by Gasteiger charge is -2.09. The number of imidazole rings is 1. The lowest BCUT2D eigenvalue weighted by atomic mass is 10.1. The fraction of sp³-hybridized carbons (Fsp3) is 0.158. The molecule has 0 radical (unpaired) electrons. The summed E-state index contributed by atoms with van der Waals surface area (Å²) in [5.41, 5.74) is 7.14. The minimum absolute atomic E-state index is 0.230. The summed E-state index contributed by atoms with van der Waals surface area (Å²) in [5, 5.41) is 3.02. The van der Waals surface area contributed by atoms with Gasteiger partial charge in [0.1, 0.15) is 12.9 Å². The average Bonchev–Trinajstić information content (AvgIpc) is 3.01. The highest BCUT2D eigenvalue weighted by molar-refractivity contribution is 7.99. The number of hydrogen-bond acceptors (Lipinski definition) is 7. The number of esters is 1. The fourth-order valence-electron chi connectivity index (χ4n) is 2.88. The second kappa shape index (κ2) is 7.24. The molecule has 0 bridgehead atoms. The van der Waals surface area contributed by atoms with E-state index in [4.69, 9.17) is 10.5 Å². The van der Waals surface area contributed by atoms with Crippen molar-refractivity contribution in [2.75, 3.05) is 12.3 Å². The summed E-state index contributed by atoms with van der Waals surface area (Å²) < 4.78 is 7.00. The second-order valence-electron chi connectivity index (χ2n) is 5.90. The van der Waals surface area contributed by atoms with Crippen LogP contribution in [0, 0.1) is 0 Å². The third-order valence-electron chi connectivity index (χ3n) is 4.10. The van der Waals surface area contributed by atoms with Crippen molar-refractivity contribution in [2.45, 2.75) is 23.5 Å². The van der Waals surface area contributed by atoms with E-state index in [2.05, 4.69) is 39.2 Å². The van der Waals surface area contributed by atoms with Gasteiger partial charge in [0.25, 0.3) is 0 Å². The standard InChI is InChI=1S/C19H17N5O2S/c1-12(25)26-10-9-24-18-16(17(20)21-11-22-18)23-19(24)27-15-8-4-6-13-5-2-3-7-14(13)15/h2-8,11H,9-10H2,1H3,(H2,20,21,22). The molecule has 0 aliphatic heterocycles. The molecule has 0 fully saturated rings. The van der Waals surface area contributed by atoms with Crippen LogP contribution in [0.1, 0.15) is 6.92 Å². The quantitative estimate of drug-likeness (QED) is 0.532. The molecule has 136 valence electrons. The zero-order valence-corrected chi connectivity index (χ0v) is 15.4. The third kappa shape index (κ3) is 3.43. The number of ether oxygens (including phenoxy) is 1. The van der Waals surface area contributed by atoms with E-state index in [1.54, 1.807) is 0 Å². The lowest BCUT2D eigenvalue weighted by molar-refractivity contribution is -0.141. The maximum Gasteiger partial charge on any atom is 0.302 e. The maximum absolute atomic E-state index is 11.1. The highest BCUT2D eigenvalue weighted by Gasteiger charge is 2.17. The van der Waals surface area contributed by atoms with E-state index in [1.165, 1.54) is 25.0 Å². The Kier molecular flexibility index (Phi) is 4.64. The van der Waals surface area contributed by atoms with Gasteiger partial charge in [0.05, 0.1) is 6.54 Å². The molecular formula is C19H17N5O2S. The molecule has 0 aliphatic carbocycles. The van der Waals surface area contributed by atoms with Crippen molar-refractivity contribution in [2.24, 2.45) is 0 Å². The molecule has 4 rings (SSSR count). The van der Waals surface area contributed by atoms with E-state index in [1.807, 2.05) is 22.8 Å². The van der Waals surface area contributed by atoms with Gasteiger partial charge in [-0.3, -0.25) is 9.36 Å². The Morgan fingerprint density at radius 2 is 2.00 bits per heavy atom. The molecule has 0 saturated heterocycles. The molecule has 0 atom stereocenters. The molecule has 2 heterocycles. The molecular weight excluding hydrogens is 362 g/mol. The number of aromatic nitrogens is 4. The van der Waals surface area contributed by atoms with Crippen molar-refractivity contribution < 1.29 is 9.53 Å². The number of fused-ring (bicyclic) bond motifs is 2. The highest BCUT2D eigenvalue weighted by Crippen LogP contribution is 2.35. The molecule has 0 spiro atoms. The average molecular weight is 379 g/mol. The van der Waals surface area contributed by atoms with Gasteiger partial charge in [-0.1, -0.05) is 48.2 Å². The van der Waals surface area contributed by atoms with E-state index in [0.717, 1.165) is 20.8 Å². The fourth-order valence-corrected chi connectivity index (χ4v) is 3.94. The molecule has 27 heavy (non-hydrogen) atoms. The van der Waals surface area contributed by atoms with Crippen molar-refractivity contribution in [1.82, 2.24) is 19.5 Å². The third-order valence-corrected chi connectivity index (χ3v) is 5.17. The molecule has 0 unspecified atom stereocenters. The number of nitrogen functional groups attached to an aromatic ring is 1. The van der Waals surface area contributed by atoms with Gasteiger partial charge in [0, 0.05) is 11.8 Å². The summed E-state index contributed by atoms with van der Waals surface area (Å²) in [4.78, 5) is 25.2. The highest BCUT2D eigenvalue weighted by atomic mass is 32.2. The summed E-state index contributed by atoms with van der Waals surface area (Å²) in [6.45, 7) is 2.05. The van der Waals surface area contributed by atoms with Crippen LogP contribution in [-0.4, -0.2) is 32.1 Å². The summed E-state index contributed by atoms with van der Waals surface area (Å²) >= 11 is 1.53. The van der Waals surface area contributed by atoms with Crippen molar-refractivity contribution in [3.05, 3.63) is 48.8 Å². The molecule has 4 aromatic rings. The smallest absolute Gasteiger partial charge is 0.302 e. The van der Waals surface area contributed by atoms with E-state index in [9.17, 15) is 4.79 Å². The van der Waals surface area contributed by atoms with Crippen LogP contribution in [0.5, 0.6) is 0 Å². The van der Waals surface area contributed by atoms with E-state index in [-0.39, 0.29) is 12.6 Å². The first-order valence-electron chi connectivity index (χ1n) is 8.39. The van der Waals surface area contributed by atoms with Crippen LogP contribution in [0.4, 0.5) is 5.82 Å². The van der Waals surface area contributed by atoms with Gasteiger partial charge in [-0.25, -0.2) is 15.0 Å². The SMILES string of the molecule is CC(=O)OCCn1c(Sc2cccc3ccccc23)nc2c(N)ncnc21. The van der Waals surface area contributed by atoms with Crippen LogP contribution in [0.25, 0.3) is 21.9 Å². The Balaban J connectivity index is 1.77. The van der Waals surface area contributed by atoms with Crippen molar-refractivity contribution >= 4 is 45.5 Å². The summed E-state index contributed by atoms with van der Waals surface area (Å²) in [7, 11) is 0. The van der Waals surface area contributed by atoms with Crippen molar-refractivity contribution in [3.63, 3.8) is 0 Å². The van der Waals surface area contributed by atoms with Crippen LogP contribution in [-0.2, 0) is 16.1 Å². The van der Waals surface area contributed by atoms with Crippen molar-refractivity contribution in [1.29, 1.82) is 0 Å². The molecule has 0 aliphatic rings. The van der Waals surface area contributed by atoms with Crippen LogP contribution in [0.2, 0.25) is 0 Å². The Labute approximate surface area is 159 Å². The Bertz CT molecular complexity index is 1140. The Morgan fingerprint density at radius 1 is 1.19 bits per heavy atom. The predicted molar refractivity (Wildman–Crippen MR) is 104 cm³/mol. The van der Waals surface area contributed by atoms with Gasteiger partial charge in [-0.15, -0.1) is 0 Å². The topological polar surface area (TPSA) is 95.9 Å². The van der Waals surface area contributed by atoms with E-state index < -0.39 is 0 Å².